The van der Waals surface area contributed by atoms with Gasteiger partial charge in [0.1, 0.15) is 0 Å². The molecule has 1 aromatic rings. The lowest BCUT2D eigenvalue weighted by atomic mass is 10.1. The first-order valence-electron chi connectivity index (χ1n) is 6.30. The second-order valence-corrected chi connectivity index (χ2v) is 5.00. The number of amides is 1. The number of carbonyl (C=O) groups is 1. The molecule has 0 radical (unpaired) electrons. The molecule has 0 atom stereocenters. The Bertz CT molecular complexity index is 397. The van der Waals surface area contributed by atoms with Gasteiger partial charge >= 0.3 is 0 Å². The van der Waals surface area contributed by atoms with E-state index >= 15 is 0 Å². The van der Waals surface area contributed by atoms with E-state index in [2.05, 4.69) is 29.2 Å². The quantitative estimate of drug-likeness (QED) is 0.782. The largest absolute Gasteiger partial charge is 0.340 e. The Morgan fingerprint density at radius 3 is 2.17 bits per heavy atom. The van der Waals surface area contributed by atoms with Crippen LogP contribution in [0.3, 0.4) is 0 Å². The molecule has 2 rings (SSSR count). The summed E-state index contributed by atoms with van der Waals surface area (Å²) in [6.45, 7) is 6.19. The highest BCUT2D eigenvalue weighted by atomic mass is 35.5. The van der Waals surface area contributed by atoms with E-state index in [0.29, 0.717) is 5.88 Å². The Kier molecular flexibility index (Phi) is 4.61. The number of hydrogen-bond acceptors (Lipinski definition) is 2. The van der Waals surface area contributed by atoms with Gasteiger partial charge in [-0.3, -0.25) is 9.69 Å². The summed E-state index contributed by atoms with van der Waals surface area (Å²) in [5.41, 5.74) is 2.46. The molecule has 0 N–H and O–H groups in total. The maximum Gasteiger partial charge on any atom is 0.219 e. The normalized spacial score (nSPS) is 16.9. The highest BCUT2D eigenvalue weighted by Crippen LogP contribution is 2.11. The SMILES string of the molecule is CC(=O)N1CCN(Cc2ccc(CCl)cc2)CC1. The number of carbonyl (C=O) groups excluding carboxylic acids is 1. The second kappa shape index (κ2) is 6.21. The van der Waals surface area contributed by atoms with E-state index in [9.17, 15) is 4.79 Å². The molecule has 1 amide bonds. The smallest absolute Gasteiger partial charge is 0.219 e. The molecule has 1 saturated heterocycles. The first-order valence-corrected chi connectivity index (χ1v) is 6.84. The molecule has 1 heterocycles. The molecule has 3 nitrogen and oxygen atoms in total. The van der Waals surface area contributed by atoms with E-state index in [-0.39, 0.29) is 5.91 Å². The van der Waals surface area contributed by atoms with Crippen molar-refractivity contribution < 1.29 is 4.79 Å². The molecule has 1 aliphatic heterocycles. The molecule has 1 fully saturated rings. The molecule has 0 unspecified atom stereocenters. The Balaban J connectivity index is 1.85. The van der Waals surface area contributed by atoms with Crippen LogP contribution in [0.15, 0.2) is 24.3 Å². The van der Waals surface area contributed by atoms with Crippen molar-refractivity contribution in [3.8, 4) is 0 Å². The lowest BCUT2D eigenvalue weighted by molar-refractivity contribution is -0.130. The number of rotatable bonds is 3. The van der Waals surface area contributed by atoms with Gasteiger partial charge in [0.25, 0.3) is 0 Å². The Morgan fingerprint density at radius 1 is 1.11 bits per heavy atom. The minimum absolute atomic E-state index is 0.182. The van der Waals surface area contributed by atoms with Gasteiger partial charge in [-0.25, -0.2) is 0 Å². The van der Waals surface area contributed by atoms with Crippen LogP contribution in [0, 0.1) is 0 Å². The zero-order chi connectivity index (χ0) is 13.0. The summed E-state index contributed by atoms with van der Waals surface area (Å²) in [7, 11) is 0. The van der Waals surface area contributed by atoms with Crippen LogP contribution in [0.4, 0.5) is 0 Å². The summed E-state index contributed by atoms with van der Waals surface area (Å²) in [6, 6.07) is 8.42. The summed E-state index contributed by atoms with van der Waals surface area (Å²) >= 11 is 5.77. The maximum absolute atomic E-state index is 11.2. The standard InChI is InChI=1S/C14H19ClN2O/c1-12(18)17-8-6-16(7-9-17)11-14-4-2-13(10-15)3-5-14/h2-5H,6-11H2,1H3. The van der Waals surface area contributed by atoms with Gasteiger partial charge < -0.3 is 4.90 Å². The van der Waals surface area contributed by atoms with E-state index in [1.165, 1.54) is 5.56 Å². The van der Waals surface area contributed by atoms with Crippen LogP contribution in [-0.4, -0.2) is 41.9 Å². The Labute approximate surface area is 113 Å². The number of hydrogen-bond donors (Lipinski definition) is 0. The number of benzene rings is 1. The molecule has 1 aromatic carbocycles. The van der Waals surface area contributed by atoms with Crippen LogP contribution < -0.4 is 0 Å². The van der Waals surface area contributed by atoms with Crippen molar-refractivity contribution in [3.05, 3.63) is 35.4 Å². The molecular weight excluding hydrogens is 248 g/mol. The fraction of sp³-hybridized carbons (Fsp3) is 0.500. The van der Waals surface area contributed by atoms with Gasteiger partial charge in [-0.15, -0.1) is 11.6 Å². The molecule has 4 heteroatoms. The van der Waals surface area contributed by atoms with Gasteiger partial charge in [0, 0.05) is 45.5 Å². The predicted octanol–water partition coefficient (Wildman–Crippen LogP) is 2.09. The molecule has 18 heavy (non-hydrogen) atoms. The first kappa shape index (κ1) is 13.4. The average Bonchev–Trinajstić information content (AvgIpc) is 2.40. The molecule has 0 aliphatic carbocycles. The third-order valence-corrected chi connectivity index (χ3v) is 3.71. The maximum atomic E-state index is 11.2. The lowest BCUT2D eigenvalue weighted by Gasteiger charge is -2.34. The van der Waals surface area contributed by atoms with Crippen LogP contribution in [0.25, 0.3) is 0 Å². The zero-order valence-electron chi connectivity index (χ0n) is 10.7. The predicted molar refractivity (Wildman–Crippen MR) is 73.5 cm³/mol. The number of alkyl halides is 1. The molecular formula is C14H19ClN2O. The van der Waals surface area contributed by atoms with Crippen LogP contribution in [0.5, 0.6) is 0 Å². The summed E-state index contributed by atoms with van der Waals surface area (Å²) < 4.78 is 0. The summed E-state index contributed by atoms with van der Waals surface area (Å²) in [5, 5.41) is 0. The van der Waals surface area contributed by atoms with E-state index in [1.54, 1.807) is 6.92 Å². The van der Waals surface area contributed by atoms with Crippen molar-refractivity contribution in [2.45, 2.75) is 19.3 Å². The molecule has 0 bridgehead atoms. The van der Waals surface area contributed by atoms with E-state index in [4.69, 9.17) is 11.6 Å². The zero-order valence-corrected chi connectivity index (χ0v) is 11.5. The minimum atomic E-state index is 0.182. The highest BCUT2D eigenvalue weighted by molar-refractivity contribution is 6.17. The number of nitrogens with zero attached hydrogens (tertiary/aromatic N) is 2. The van der Waals surface area contributed by atoms with Crippen molar-refractivity contribution in [1.29, 1.82) is 0 Å². The fourth-order valence-electron chi connectivity index (χ4n) is 2.21. The van der Waals surface area contributed by atoms with Crippen LogP contribution in [-0.2, 0) is 17.2 Å². The monoisotopic (exact) mass is 266 g/mol. The van der Waals surface area contributed by atoms with Gasteiger partial charge in [-0.2, -0.15) is 0 Å². The van der Waals surface area contributed by atoms with Gasteiger partial charge in [0.2, 0.25) is 5.91 Å². The van der Waals surface area contributed by atoms with Crippen molar-refractivity contribution in [3.63, 3.8) is 0 Å². The van der Waals surface area contributed by atoms with Gasteiger partial charge in [-0.1, -0.05) is 24.3 Å². The fourth-order valence-corrected chi connectivity index (χ4v) is 2.39. The van der Waals surface area contributed by atoms with Crippen LogP contribution in [0.2, 0.25) is 0 Å². The summed E-state index contributed by atoms with van der Waals surface area (Å²) in [4.78, 5) is 15.5. The third kappa shape index (κ3) is 3.47. The van der Waals surface area contributed by atoms with Crippen molar-refractivity contribution >= 4 is 17.5 Å². The first-order chi connectivity index (χ1) is 8.69. The highest BCUT2D eigenvalue weighted by Gasteiger charge is 2.18. The van der Waals surface area contributed by atoms with Crippen molar-refractivity contribution in [2.75, 3.05) is 26.2 Å². The van der Waals surface area contributed by atoms with E-state index < -0.39 is 0 Å². The Hall–Kier alpha value is -1.06. The summed E-state index contributed by atoms with van der Waals surface area (Å²) in [6.07, 6.45) is 0. The van der Waals surface area contributed by atoms with E-state index in [0.717, 1.165) is 38.3 Å². The van der Waals surface area contributed by atoms with Gasteiger partial charge in [0.15, 0.2) is 0 Å². The number of piperazine rings is 1. The van der Waals surface area contributed by atoms with Crippen molar-refractivity contribution in [1.82, 2.24) is 9.80 Å². The average molecular weight is 267 g/mol. The molecule has 1 aliphatic rings. The van der Waals surface area contributed by atoms with Crippen LogP contribution in [0.1, 0.15) is 18.1 Å². The molecule has 0 spiro atoms. The second-order valence-electron chi connectivity index (χ2n) is 4.73. The lowest BCUT2D eigenvalue weighted by Crippen LogP contribution is -2.47. The topological polar surface area (TPSA) is 23.6 Å². The molecule has 0 aromatic heterocycles. The Morgan fingerprint density at radius 2 is 1.67 bits per heavy atom. The van der Waals surface area contributed by atoms with Gasteiger partial charge in [-0.05, 0) is 11.1 Å². The van der Waals surface area contributed by atoms with E-state index in [1.807, 2.05) is 4.90 Å². The van der Waals surface area contributed by atoms with Crippen molar-refractivity contribution in [2.24, 2.45) is 0 Å². The summed E-state index contributed by atoms with van der Waals surface area (Å²) in [5.74, 6) is 0.749. The third-order valence-electron chi connectivity index (χ3n) is 3.40. The van der Waals surface area contributed by atoms with Crippen LogP contribution >= 0.6 is 11.6 Å². The van der Waals surface area contributed by atoms with Gasteiger partial charge in [0.05, 0.1) is 0 Å². The number of halogens is 1. The minimum Gasteiger partial charge on any atom is -0.340 e. The molecule has 98 valence electrons. The molecule has 0 saturated carbocycles.